The smallest absolute Gasteiger partial charge is 0.407 e. The molecule has 1 saturated carbocycles. The zero-order valence-corrected chi connectivity index (χ0v) is 12.9. The Bertz CT molecular complexity index is 470. The molecule has 22 heavy (non-hydrogen) atoms. The fraction of sp³-hybridized carbons (Fsp3) is 0.867. The number of piperidine rings is 1. The molecular weight excluding hydrogens is 291 g/mol. The van der Waals surface area contributed by atoms with Gasteiger partial charge >= 0.3 is 12.1 Å². The molecule has 0 radical (unpaired) electrons. The predicted octanol–water partition coefficient (Wildman–Crippen LogP) is 1.50. The molecule has 1 amide bonds. The van der Waals surface area contributed by atoms with E-state index in [1.807, 2.05) is 0 Å². The van der Waals surface area contributed by atoms with Gasteiger partial charge in [-0.15, -0.1) is 0 Å². The highest BCUT2D eigenvalue weighted by Gasteiger charge is 2.53. The summed E-state index contributed by atoms with van der Waals surface area (Å²) >= 11 is 0. The van der Waals surface area contributed by atoms with Gasteiger partial charge in [0.05, 0.1) is 7.11 Å². The van der Waals surface area contributed by atoms with Gasteiger partial charge in [-0.3, -0.25) is 0 Å². The third kappa shape index (κ3) is 2.55. The van der Waals surface area contributed by atoms with E-state index in [0.29, 0.717) is 32.2 Å². The van der Waals surface area contributed by atoms with Crippen molar-refractivity contribution in [2.24, 2.45) is 5.41 Å². The second-order valence-corrected chi connectivity index (χ2v) is 7.01. The lowest BCUT2D eigenvalue weighted by Gasteiger charge is -2.51. The lowest BCUT2D eigenvalue weighted by Crippen LogP contribution is -2.57. The maximum Gasteiger partial charge on any atom is 0.407 e. The van der Waals surface area contributed by atoms with Crippen LogP contribution >= 0.6 is 0 Å². The molecule has 3 rings (SSSR count). The highest BCUT2D eigenvalue weighted by molar-refractivity contribution is 5.79. The van der Waals surface area contributed by atoms with E-state index in [1.54, 1.807) is 0 Å². The molecule has 2 saturated heterocycles. The number of halogens is 1. The Morgan fingerprint density at radius 3 is 2.32 bits per heavy atom. The number of hydrogen-bond donors (Lipinski definition) is 1. The molecule has 0 bridgehead atoms. The van der Waals surface area contributed by atoms with Crippen LogP contribution in [0.5, 0.6) is 0 Å². The van der Waals surface area contributed by atoms with Crippen molar-refractivity contribution in [3.05, 3.63) is 0 Å². The van der Waals surface area contributed by atoms with Crippen LogP contribution in [0.15, 0.2) is 0 Å². The molecule has 0 aromatic carbocycles. The lowest BCUT2D eigenvalue weighted by molar-refractivity contribution is -0.159. The Labute approximate surface area is 129 Å². The maximum absolute atomic E-state index is 14.4. The summed E-state index contributed by atoms with van der Waals surface area (Å²) < 4.78 is 18.9. The van der Waals surface area contributed by atoms with Gasteiger partial charge < -0.3 is 19.6 Å². The molecule has 2 aliphatic heterocycles. The summed E-state index contributed by atoms with van der Waals surface area (Å²) in [5.41, 5.74) is -1.70. The predicted molar refractivity (Wildman–Crippen MR) is 76.3 cm³/mol. The Morgan fingerprint density at radius 1 is 1.18 bits per heavy atom. The number of hydrogen-bond acceptors (Lipinski definition) is 4. The van der Waals surface area contributed by atoms with Gasteiger partial charge in [-0.2, -0.15) is 0 Å². The number of carbonyl (C=O) groups excluding carboxylic acids is 1. The van der Waals surface area contributed by atoms with Crippen LogP contribution in [0.25, 0.3) is 0 Å². The first-order chi connectivity index (χ1) is 10.4. The molecule has 1 N–H and O–H groups in total. The molecular formula is C15H23FN2O4. The van der Waals surface area contributed by atoms with Crippen LogP contribution in [0, 0.1) is 5.41 Å². The van der Waals surface area contributed by atoms with Gasteiger partial charge in [-0.1, -0.05) is 0 Å². The summed E-state index contributed by atoms with van der Waals surface area (Å²) in [6, 6.07) is 0.399. The summed E-state index contributed by atoms with van der Waals surface area (Å²) in [7, 11) is 1.22. The van der Waals surface area contributed by atoms with Crippen LogP contribution in [0.1, 0.15) is 32.1 Å². The summed E-state index contributed by atoms with van der Waals surface area (Å²) in [5, 5.41) is 9.04. The van der Waals surface area contributed by atoms with E-state index in [4.69, 9.17) is 5.11 Å². The number of likely N-dealkylation sites (tertiary alicyclic amines) is 2. The number of amides is 1. The van der Waals surface area contributed by atoms with E-state index < -0.39 is 17.7 Å². The normalized spacial score (nSPS) is 34.5. The second-order valence-electron chi connectivity index (χ2n) is 7.01. The molecule has 1 aliphatic carbocycles. The van der Waals surface area contributed by atoms with Crippen LogP contribution < -0.4 is 0 Å². The van der Waals surface area contributed by atoms with E-state index in [2.05, 4.69) is 9.64 Å². The molecule has 0 aromatic rings. The molecule has 7 heteroatoms. The van der Waals surface area contributed by atoms with Gasteiger partial charge in [-0.05, 0) is 24.7 Å². The molecule has 1 spiro atoms. The largest absolute Gasteiger partial charge is 0.467 e. The van der Waals surface area contributed by atoms with E-state index in [1.165, 1.54) is 12.0 Å². The Kier molecular flexibility index (Phi) is 3.79. The number of carbonyl (C=O) groups is 2. The minimum absolute atomic E-state index is 0.135. The van der Waals surface area contributed by atoms with Crippen LogP contribution in [0.4, 0.5) is 9.18 Å². The summed E-state index contributed by atoms with van der Waals surface area (Å²) in [5.74, 6) is -0.759. The molecule has 0 aromatic heterocycles. The van der Waals surface area contributed by atoms with E-state index in [-0.39, 0.29) is 18.3 Å². The molecule has 0 atom stereocenters. The summed E-state index contributed by atoms with van der Waals surface area (Å²) in [6.07, 6.45) is 2.43. The number of nitrogens with zero attached hydrogens (tertiary/aromatic N) is 2. The van der Waals surface area contributed by atoms with Crippen LogP contribution in [0.3, 0.4) is 0 Å². The maximum atomic E-state index is 14.4. The summed E-state index contributed by atoms with van der Waals surface area (Å²) in [6.45, 7) is 2.38. The monoisotopic (exact) mass is 314 g/mol. The topological polar surface area (TPSA) is 70.1 Å². The Hall–Kier alpha value is -1.37. The zero-order valence-electron chi connectivity index (χ0n) is 12.9. The van der Waals surface area contributed by atoms with E-state index in [9.17, 15) is 14.0 Å². The minimum Gasteiger partial charge on any atom is -0.467 e. The van der Waals surface area contributed by atoms with Crippen molar-refractivity contribution >= 4 is 12.1 Å². The van der Waals surface area contributed by atoms with E-state index in [0.717, 1.165) is 19.3 Å². The van der Waals surface area contributed by atoms with Crippen molar-refractivity contribution in [1.29, 1.82) is 0 Å². The SMILES string of the molecule is COC(=O)C1(F)CCN(C2CC3(CCN(C(=O)O)C3)C2)CC1. The van der Waals surface area contributed by atoms with Gasteiger partial charge in [0.2, 0.25) is 5.67 Å². The highest BCUT2D eigenvalue weighted by Crippen LogP contribution is 2.50. The average molecular weight is 314 g/mol. The molecule has 124 valence electrons. The van der Waals surface area contributed by atoms with E-state index >= 15 is 0 Å². The number of alkyl halides is 1. The zero-order chi connectivity index (χ0) is 16.0. The number of rotatable bonds is 2. The Balaban J connectivity index is 1.49. The van der Waals surface area contributed by atoms with Crippen molar-refractivity contribution < 1.29 is 23.8 Å². The fourth-order valence-corrected chi connectivity index (χ4v) is 4.26. The van der Waals surface area contributed by atoms with Crippen molar-refractivity contribution in [1.82, 2.24) is 9.80 Å². The molecule has 6 nitrogen and oxygen atoms in total. The quantitative estimate of drug-likeness (QED) is 0.782. The van der Waals surface area contributed by atoms with Gasteiger partial charge in [0.15, 0.2) is 0 Å². The van der Waals surface area contributed by atoms with Crippen molar-refractivity contribution in [2.45, 2.75) is 43.8 Å². The van der Waals surface area contributed by atoms with Gasteiger partial charge in [-0.25, -0.2) is 14.0 Å². The summed E-state index contributed by atoms with van der Waals surface area (Å²) in [4.78, 5) is 26.2. The first-order valence-corrected chi connectivity index (χ1v) is 7.87. The fourth-order valence-electron chi connectivity index (χ4n) is 4.26. The lowest BCUT2D eigenvalue weighted by atomic mass is 9.64. The first kappa shape index (κ1) is 15.5. The van der Waals surface area contributed by atoms with Gasteiger partial charge in [0.1, 0.15) is 0 Å². The number of methoxy groups -OCH3 is 1. The first-order valence-electron chi connectivity index (χ1n) is 7.87. The van der Waals surface area contributed by atoms with Gasteiger partial charge in [0.25, 0.3) is 0 Å². The standard InChI is InChI=1S/C15H23FN2O4/c1-22-12(19)15(16)3-6-17(7-4-15)11-8-14(9-11)2-5-18(10-14)13(20)21/h11H,2-10H2,1H3,(H,20,21). The third-order valence-electron chi connectivity index (χ3n) is 5.70. The highest BCUT2D eigenvalue weighted by atomic mass is 19.1. The van der Waals surface area contributed by atoms with Crippen LogP contribution in [-0.2, 0) is 9.53 Å². The molecule has 3 aliphatic rings. The molecule has 3 fully saturated rings. The minimum atomic E-state index is -1.83. The van der Waals surface area contributed by atoms with Gasteiger partial charge in [0, 0.05) is 45.1 Å². The molecule has 0 unspecified atom stereocenters. The number of esters is 1. The van der Waals surface area contributed by atoms with Crippen molar-refractivity contribution in [3.63, 3.8) is 0 Å². The molecule has 2 heterocycles. The number of ether oxygens (including phenoxy) is 1. The van der Waals surface area contributed by atoms with Crippen molar-refractivity contribution in [2.75, 3.05) is 33.3 Å². The Morgan fingerprint density at radius 2 is 1.82 bits per heavy atom. The van der Waals surface area contributed by atoms with Crippen LogP contribution in [0.2, 0.25) is 0 Å². The second kappa shape index (κ2) is 5.37. The third-order valence-corrected chi connectivity index (χ3v) is 5.70. The van der Waals surface area contributed by atoms with Crippen LogP contribution in [-0.4, -0.2) is 72.0 Å². The average Bonchev–Trinajstić information content (AvgIpc) is 2.91. The number of carboxylic acid groups (broad SMARTS) is 1. The van der Waals surface area contributed by atoms with Crippen molar-refractivity contribution in [3.8, 4) is 0 Å².